The van der Waals surface area contributed by atoms with Crippen LogP contribution in [0, 0.1) is 11.3 Å². The van der Waals surface area contributed by atoms with Crippen molar-refractivity contribution in [3.63, 3.8) is 0 Å². The van der Waals surface area contributed by atoms with Crippen molar-refractivity contribution in [1.82, 2.24) is 9.88 Å². The molecule has 0 spiro atoms. The minimum Gasteiger partial charge on any atom is -0.489 e. The van der Waals surface area contributed by atoms with Crippen molar-refractivity contribution in [2.45, 2.75) is 13.2 Å². The molecule has 3 rings (SSSR count). The van der Waals surface area contributed by atoms with Crippen molar-refractivity contribution >= 4 is 5.91 Å². The predicted octanol–water partition coefficient (Wildman–Crippen LogP) is 3.80. The average molecular weight is 357 g/mol. The Morgan fingerprint density at radius 2 is 2.00 bits per heavy atom. The SMILES string of the molecule is CN(Cc1cccnc1)C(=O)c1cccc(OCc2ccccc2C#N)c1. The zero-order valence-corrected chi connectivity index (χ0v) is 15.0. The molecule has 0 unspecified atom stereocenters. The Labute approximate surface area is 158 Å². The molecular formula is C22H19N3O2. The summed E-state index contributed by atoms with van der Waals surface area (Å²) in [6.07, 6.45) is 3.45. The van der Waals surface area contributed by atoms with Gasteiger partial charge in [-0.05, 0) is 35.9 Å². The summed E-state index contributed by atoms with van der Waals surface area (Å²) in [7, 11) is 1.76. The number of nitriles is 1. The van der Waals surface area contributed by atoms with E-state index >= 15 is 0 Å². The van der Waals surface area contributed by atoms with Crippen LogP contribution in [0.15, 0.2) is 73.1 Å². The van der Waals surface area contributed by atoms with Crippen LogP contribution in [0.5, 0.6) is 5.75 Å². The number of pyridine rings is 1. The first-order valence-corrected chi connectivity index (χ1v) is 8.52. The highest BCUT2D eigenvalue weighted by Crippen LogP contribution is 2.18. The maximum Gasteiger partial charge on any atom is 0.254 e. The molecule has 27 heavy (non-hydrogen) atoms. The fourth-order valence-electron chi connectivity index (χ4n) is 2.69. The van der Waals surface area contributed by atoms with Gasteiger partial charge in [0.05, 0.1) is 11.6 Å². The third-order valence-corrected chi connectivity index (χ3v) is 4.10. The molecular weight excluding hydrogens is 338 g/mol. The van der Waals surface area contributed by atoms with Crippen molar-refractivity contribution < 1.29 is 9.53 Å². The van der Waals surface area contributed by atoms with Crippen LogP contribution >= 0.6 is 0 Å². The van der Waals surface area contributed by atoms with Crippen molar-refractivity contribution in [2.24, 2.45) is 0 Å². The lowest BCUT2D eigenvalue weighted by Crippen LogP contribution is -2.26. The monoisotopic (exact) mass is 357 g/mol. The van der Waals surface area contributed by atoms with Crippen molar-refractivity contribution in [3.05, 3.63) is 95.3 Å². The lowest BCUT2D eigenvalue weighted by Gasteiger charge is -2.17. The summed E-state index contributed by atoms with van der Waals surface area (Å²) in [5.41, 5.74) is 2.91. The summed E-state index contributed by atoms with van der Waals surface area (Å²) in [5.74, 6) is 0.491. The van der Waals surface area contributed by atoms with Crippen molar-refractivity contribution in [2.75, 3.05) is 7.05 Å². The number of amides is 1. The van der Waals surface area contributed by atoms with E-state index in [9.17, 15) is 4.79 Å². The maximum absolute atomic E-state index is 12.7. The Bertz CT molecular complexity index is 965. The van der Waals surface area contributed by atoms with Crippen LogP contribution in [-0.2, 0) is 13.2 Å². The Balaban J connectivity index is 1.67. The first-order chi connectivity index (χ1) is 13.2. The zero-order chi connectivity index (χ0) is 19.1. The fourth-order valence-corrected chi connectivity index (χ4v) is 2.69. The number of ether oxygens (including phenoxy) is 1. The highest BCUT2D eigenvalue weighted by atomic mass is 16.5. The van der Waals surface area contributed by atoms with Crippen LogP contribution in [0.2, 0.25) is 0 Å². The van der Waals surface area contributed by atoms with Gasteiger partial charge in [0.15, 0.2) is 0 Å². The zero-order valence-electron chi connectivity index (χ0n) is 15.0. The van der Waals surface area contributed by atoms with Gasteiger partial charge in [-0.2, -0.15) is 5.26 Å². The van der Waals surface area contributed by atoms with E-state index in [0.29, 0.717) is 23.4 Å². The second kappa shape index (κ2) is 8.63. The van der Waals surface area contributed by atoms with Gasteiger partial charge < -0.3 is 9.64 Å². The molecule has 2 aromatic carbocycles. The molecule has 0 N–H and O–H groups in total. The molecule has 0 atom stereocenters. The second-order valence-electron chi connectivity index (χ2n) is 6.11. The minimum absolute atomic E-state index is 0.0956. The molecule has 3 aromatic rings. The van der Waals surface area contributed by atoms with Gasteiger partial charge in [0.1, 0.15) is 12.4 Å². The Hall–Kier alpha value is -3.65. The van der Waals surface area contributed by atoms with Crippen LogP contribution in [0.1, 0.15) is 27.0 Å². The van der Waals surface area contributed by atoms with Crippen molar-refractivity contribution in [3.8, 4) is 11.8 Å². The molecule has 1 amide bonds. The number of benzene rings is 2. The molecule has 0 aliphatic carbocycles. The van der Waals surface area contributed by atoms with Gasteiger partial charge in [-0.15, -0.1) is 0 Å². The topological polar surface area (TPSA) is 66.2 Å². The quantitative estimate of drug-likeness (QED) is 0.673. The number of carbonyl (C=O) groups excluding carboxylic acids is 1. The molecule has 0 fully saturated rings. The van der Waals surface area contributed by atoms with E-state index in [1.54, 1.807) is 54.7 Å². The molecule has 0 aliphatic rings. The fraction of sp³-hybridized carbons (Fsp3) is 0.136. The summed E-state index contributed by atoms with van der Waals surface area (Å²) in [5, 5.41) is 9.15. The number of carbonyl (C=O) groups is 1. The summed E-state index contributed by atoms with van der Waals surface area (Å²) in [4.78, 5) is 18.4. The van der Waals surface area contributed by atoms with Crippen LogP contribution < -0.4 is 4.74 Å². The molecule has 1 aromatic heterocycles. The van der Waals surface area contributed by atoms with Gasteiger partial charge in [0.2, 0.25) is 0 Å². The Morgan fingerprint density at radius 1 is 1.15 bits per heavy atom. The van der Waals surface area contributed by atoms with E-state index in [1.807, 2.05) is 30.3 Å². The van der Waals surface area contributed by atoms with E-state index < -0.39 is 0 Å². The number of aromatic nitrogens is 1. The first kappa shape index (κ1) is 18.2. The van der Waals surface area contributed by atoms with Crippen molar-refractivity contribution in [1.29, 1.82) is 5.26 Å². The predicted molar refractivity (Wildman–Crippen MR) is 102 cm³/mol. The van der Waals surface area contributed by atoms with Gasteiger partial charge in [0.25, 0.3) is 5.91 Å². The molecule has 5 heteroatoms. The van der Waals surface area contributed by atoms with Gasteiger partial charge in [-0.25, -0.2) is 0 Å². The van der Waals surface area contributed by atoms with E-state index in [1.165, 1.54) is 0 Å². The molecule has 134 valence electrons. The van der Waals surface area contributed by atoms with Crippen LogP contribution in [0.4, 0.5) is 0 Å². The standard InChI is InChI=1S/C22H19N3O2/c1-25(15-17-6-5-11-24-14-17)22(26)18-9-4-10-21(12-18)27-16-20-8-3-2-7-19(20)13-23/h2-12,14H,15-16H2,1H3. The van der Waals surface area contributed by atoms with E-state index in [0.717, 1.165) is 11.1 Å². The Kier molecular flexibility index (Phi) is 5.80. The summed E-state index contributed by atoms with van der Waals surface area (Å²) >= 11 is 0. The smallest absolute Gasteiger partial charge is 0.254 e. The molecule has 0 radical (unpaired) electrons. The minimum atomic E-state index is -0.0956. The number of hydrogen-bond acceptors (Lipinski definition) is 4. The number of hydrogen-bond donors (Lipinski definition) is 0. The number of nitrogens with zero attached hydrogens (tertiary/aromatic N) is 3. The van der Waals surface area contributed by atoms with Gasteiger partial charge >= 0.3 is 0 Å². The third-order valence-electron chi connectivity index (χ3n) is 4.10. The summed E-state index contributed by atoms with van der Waals surface area (Å²) in [6, 6.07) is 20.3. The van der Waals surface area contributed by atoms with Gasteiger partial charge in [-0.1, -0.05) is 30.3 Å². The lowest BCUT2D eigenvalue weighted by atomic mass is 10.1. The molecule has 0 saturated heterocycles. The van der Waals surface area contributed by atoms with Crippen LogP contribution in [-0.4, -0.2) is 22.8 Å². The Morgan fingerprint density at radius 3 is 2.78 bits per heavy atom. The van der Waals surface area contributed by atoms with E-state index in [-0.39, 0.29) is 12.5 Å². The first-order valence-electron chi connectivity index (χ1n) is 8.52. The highest BCUT2D eigenvalue weighted by Gasteiger charge is 2.13. The maximum atomic E-state index is 12.7. The molecule has 5 nitrogen and oxygen atoms in total. The summed E-state index contributed by atoms with van der Waals surface area (Å²) in [6.45, 7) is 0.750. The van der Waals surface area contributed by atoms with Gasteiger partial charge in [0, 0.05) is 37.1 Å². The third kappa shape index (κ3) is 4.71. The van der Waals surface area contributed by atoms with E-state index in [2.05, 4.69) is 11.1 Å². The number of rotatable bonds is 6. The lowest BCUT2D eigenvalue weighted by molar-refractivity contribution is 0.0784. The molecule has 1 heterocycles. The van der Waals surface area contributed by atoms with Gasteiger partial charge in [-0.3, -0.25) is 9.78 Å². The average Bonchev–Trinajstić information content (AvgIpc) is 2.72. The largest absolute Gasteiger partial charge is 0.489 e. The van der Waals surface area contributed by atoms with Crippen LogP contribution in [0.3, 0.4) is 0 Å². The molecule has 0 bridgehead atoms. The van der Waals surface area contributed by atoms with E-state index in [4.69, 9.17) is 10.00 Å². The molecule has 0 saturated carbocycles. The van der Waals surface area contributed by atoms with Crippen LogP contribution in [0.25, 0.3) is 0 Å². The summed E-state index contributed by atoms with van der Waals surface area (Å²) < 4.78 is 5.79. The highest BCUT2D eigenvalue weighted by molar-refractivity contribution is 5.94. The normalized spacial score (nSPS) is 10.1. The second-order valence-corrected chi connectivity index (χ2v) is 6.11. The molecule has 0 aliphatic heterocycles.